The van der Waals surface area contributed by atoms with Crippen LogP contribution in [0.3, 0.4) is 0 Å². The highest BCUT2D eigenvalue weighted by Crippen LogP contribution is 2.41. The molecule has 0 saturated carbocycles. The van der Waals surface area contributed by atoms with E-state index in [1.165, 1.54) is 17.8 Å². The summed E-state index contributed by atoms with van der Waals surface area (Å²) in [6, 6.07) is 5.76. The van der Waals surface area contributed by atoms with Gasteiger partial charge in [0.25, 0.3) is 0 Å². The Morgan fingerprint density at radius 3 is 2.82 bits per heavy atom. The number of carbonyl (C=O) groups excluding carboxylic acids is 1. The van der Waals surface area contributed by atoms with Crippen molar-refractivity contribution in [3.63, 3.8) is 0 Å². The average molecular weight is 342 g/mol. The van der Waals surface area contributed by atoms with Crippen LogP contribution < -0.4 is 4.90 Å². The number of thioether (sulfide) groups is 1. The SMILES string of the molecule is CCC(=O)N=C1SC2CS(=O)(=O)CC2N1c1ccccc1F. The van der Waals surface area contributed by atoms with Crippen LogP contribution in [0.1, 0.15) is 13.3 Å². The summed E-state index contributed by atoms with van der Waals surface area (Å²) in [5.74, 6) is -0.762. The van der Waals surface area contributed by atoms with E-state index < -0.39 is 15.7 Å². The van der Waals surface area contributed by atoms with Gasteiger partial charge in [0, 0.05) is 11.7 Å². The maximum atomic E-state index is 14.1. The van der Waals surface area contributed by atoms with Gasteiger partial charge in [-0.3, -0.25) is 4.79 Å². The fourth-order valence-electron chi connectivity index (χ4n) is 2.68. The highest BCUT2D eigenvalue weighted by molar-refractivity contribution is 8.16. The molecule has 8 heteroatoms. The van der Waals surface area contributed by atoms with Crippen LogP contribution in [0.2, 0.25) is 0 Å². The summed E-state index contributed by atoms with van der Waals surface area (Å²) in [5, 5.41) is 0.176. The third-order valence-electron chi connectivity index (χ3n) is 3.70. The molecule has 0 aromatic heterocycles. The molecular formula is C14H15FN2O3S2. The van der Waals surface area contributed by atoms with E-state index in [4.69, 9.17) is 0 Å². The predicted octanol–water partition coefficient (Wildman–Crippen LogP) is 1.84. The van der Waals surface area contributed by atoms with E-state index in [0.29, 0.717) is 5.17 Å². The molecule has 2 saturated heterocycles. The highest BCUT2D eigenvalue weighted by Gasteiger charge is 2.49. The molecule has 1 aromatic carbocycles. The number of hydrogen-bond donors (Lipinski definition) is 0. The molecule has 0 radical (unpaired) electrons. The Morgan fingerprint density at radius 2 is 2.14 bits per heavy atom. The van der Waals surface area contributed by atoms with Crippen molar-refractivity contribution in [2.75, 3.05) is 16.4 Å². The van der Waals surface area contributed by atoms with Crippen molar-refractivity contribution in [2.45, 2.75) is 24.6 Å². The standard InChI is InChI=1S/C14H15FN2O3S2/c1-2-13(18)16-14-17(10-6-4-3-5-9(10)15)11-7-22(19,20)8-12(11)21-14/h3-6,11-12H,2,7-8H2,1H3. The second-order valence-electron chi connectivity index (χ2n) is 5.26. The van der Waals surface area contributed by atoms with Crippen molar-refractivity contribution in [1.29, 1.82) is 0 Å². The largest absolute Gasteiger partial charge is 0.313 e. The number of carbonyl (C=O) groups is 1. The average Bonchev–Trinajstić information content (AvgIpc) is 2.91. The zero-order valence-electron chi connectivity index (χ0n) is 11.9. The number of nitrogens with zero attached hydrogens (tertiary/aromatic N) is 2. The lowest BCUT2D eigenvalue weighted by Gasteiger charge is -2.24. The van der Waals surface area contributed by atoms with Crippen molar-refractivity contribution >= 4 is 38.4 Å². The molecular weight excluding hydrogens is 327 g/mol. The van der Waals surface area contributed by atoms with Gasteiger partial charge in [-0.05, 0) is 12.1 Å². The Bertz CT molecular complexity index is 748. The van der Waals surface area contributed by atoms with Gasteiger partial charge in [0.2, 0.25) is 5.91 Å². The van der Waals surface area contributed by atoms with Crippen LogP contribution in [0.5, 0.6) is 0 Å². The zero-order valence-corrected chi connectivity index (χ0v) is 13.5. The summed E-state index contributed by atoms with van der Waals surface area (Å²) in [6.07, 6.45) is 0.253. The van der Waals surface area contributed by atoms with Crippen molar-refractivity contribution in [1.82, 2.24) is 0 Å². The number of fused-ring (bicyclic) bond motifs is 1. The minimum absolute atomic E-state index is 0.0343. The van der Waals surface area contributed by atoms with Crippen LogP contribution in [0.15, 0.2) is 29.3 Å². The molecule has 2 fully saturated rings. The van der Waals surface area contributed by atoms with E-state index in [1.54, 1.807) is 30.0 Å². The lowest BCUT2D eigenvalue weighted by atomic mass is 10.2. The van der Waals surface area contributed by atoms with Crippen LogP contribution in [0.4, 0.5) is 10.1 Å². The second-order valence-corrected chi connectivity index (χ2v) is 8.62. The molecule has 1 amide bonds. The number of halogens is 1. The first-order valence-electron chi connectivity index (χ1n) is 6.93. The van der Waals surface area contributed by atoms with Crippen LogP contribution in [0.25, 0.3) is 0 Å². The third-order valence-corrected chi connectivity index (χ3v) is 6.91. The molecule has 2 atom stereocenters. The molecule has 1 aromatic rings. The van der Waals surface area contributed by atoms with Crippen LogP contribution in [-0.2, 0) is 14.6 Å². The molecule has 118 valence electrons. The van der Waals surface area contributed by atoms with E-state index in [2.05, 4.69) is 4.99 Å². The summed E-state index contributed by atoms with van der Waals surface area (Å²) >= 11 is 1.25. The van der Waals surface area contributed by atoms with E-state index in [1.807, 2.05) is 0 Å². The molecule has 0 spiro atoms. The van der Waals surface area contributed by atoms with Gasteiger partial charge in [0.1, 0.15) is 5.82 Å². The monoisotopic (exact) mass is 342 g/mol. The Morgan fingerprint density at radius 1 is 1.41 bits per heavy atom. The number of amidine groups is 1. The number of anilines is 1. The van der Waals surface area contributed by atoms with Crippen molar-refractivity contribution in [3.8, 4) is 0 Å². The lowest BCUT2D eigenvalue weighted by molar-refractivity contribution is -0.117. The van der Waals surface area contributed by atoms with Gasteiger partial charge in [0.15, 0.2) is 15.0 Å². The number of hydrogen-bond acceptors (Lipinski definition) is 4. The number of aliphatic imine (C=N–C) groups is 1. The van der Waals surface area contributed by atoms with Crippen molar-refractivity contribution in [3.05, 3.63) is 30.1 Å². The Hall–Kier alpha value is -1.41. The number of benzene rings is 1. The molecule has 2 aliphatic rings. The van der Waals surface area contributed by atoms with Crippen molar-refractivity contribution < 1.29 is 17.6 Å². The van der Waals surface area contributed by atoms with Crippen molar-refractivity contribution in [2.24, 2.45) is 4.99 Å². The lowest BCUT2D eigenvalue weighted by Crippen LogP contribution is -2.38. The first-order chi connectivity index (χ1) is 10.4. The minimum Gasteiger partial charge on any atom is -0.313 e. The summed E-state index contributed by atoms with van der Waals surface area (Å²) in [4.78, 5) is 17.2. The van der Waals surface area contributed by atoms with Gasteiger partial charge in [-0.2, -0.15) is 4.99 Å². The third kappa shape index (κ3) is 2.77. The van der Waals surface area contributed by atoms with Crippen LogP contribution in [0, 0.1) is 5.82 Å². The van der Waals surface area contributed by atoms with Crippen LogP contribution in [-0.4, -0.2) is 42.3 Å². The Balaban J connectivity index is 2.05. The van der Waals surface area contributed by atoms with E-state index in [9.17, 15) is 17.6 Å². The van der Waals surface area contributed by atoms with Gasteiger partial charge in [-0.15, -0.1) is 0 Å². The predicted molar refractivity (Wildman–Crippen MR) is 85.4 cm³/mol. The summed E-state index contributed by atoms with van der Waals surface area (Å²) in [7, 11) is -3.14. The molecule has 0 bridgehead atoms. The molecule has 2 heterocycles. The summed E-state index contributed by atoms with van der Waals surface area (Å²) in [6.45, 7) is 1.70. The van der Waals surface area contributed by atoms with Gasteiger partial charge >= 0.3 is 0 Å². The molecule has 5 nitrogen and oxygen atoms in total. The summed E-state index contributed by atoms with van der Waals surface area (Å²) < 4.78 is 37.8. The Kier molecular flexibility index (Phi) is 3.98. The first kappa shape index (κ1) is 15.5. The maximum absolute atomic E-state index is 14.1. The smallest absolute Gasteiger partial charge is 0.247 e. The van der Waals surface area contributed by atoms with Crippen LogP contribution >= 0.6 is 11.8 Å². The second kappa shape index (κ2) is 5.66. The van der Waals surface area contributed by atoms with Gasteiger partial charge in [-0.25, -0.2) is 12.8 Å². The highest BCUT2D eigenvalue weighted by atomic mass is 32.2. The fraction of sp³-hybridized carbons (Fsp3) is 0.429. The molecule has 2 unspecified atom stereocenters. The first-order valence-corrected chi connectivity index (χ1v) is 9.64. The number of para-hydroxylation sites is 1. The molecule has 0 aliphatic carbocycles. The van der Waals surface area contributed by atoms with Gasteiger partial charge < -0.3 is 4.90 Å². The minimum atomic E-state index is -3.14. The molecule has 2 aliphatic heterocycles. The topological polar surface area (TPSA) is 66.8 Å². The van der Waals surface area contributed by atoms with E-state index in [0.717, 1.165) is 0 Å². The summed E-state index contributed by atoms with van der Waals surface area (Å²) in [5.41, 5.74) is 0.266. The maximum Gasteiger partial charge on any atom is 0.247 e. The zero-order chi connectivity index (χ0) is 15.9. The normalized spacial score (nSPS) is 28.1. The van der Waals surface area contributed by atoms with Gasteiger partial charge in [0.05, 0.1) is 23.2 Å². The van der Waals surface area contributed by atoms with E-state index in [-0.39, 0.29) is 40.8 Å². The quantitative estimate of drug-likeness (QED) is 0.820. The Labute approximate surface area is 132 Å². The number of amides is 1. The number of rotatable bonds is 2. The molecule has 3 rings (SSSR count). The number of sulfone groups is 1. The molecule has 0 N–H and O–H groups in total. The van der Waals surface area contributed by atoms with E-state index >= 15 is 0 Å². The van der Waals surface area contributed by atoms with Gasteiger partial charge in [-0.1, -0.05) is 30.8 Å². The fourth-order valence-corrected chi connectivity index (χ4v) is 6.60. The molecule has 22 heavy (non-hydrogen) atoms.